The molecule has 0 saturated carbocycles. The lowest BCUT2D eigenvalue weighted by molar-refractivity contribution is 0.344. The summed E-state index contributed by atoms with van der Waals surface area (Å²) in [7, 11) is 0. The van der Waals surface area contributed by atoms with Crippen molar-refractivity contribution in [3.05, 3.63) is 83.3 Å². The number of hydrogen-bond acceptors (Lipinski definition) is 6. The van der Waals surface area contributed by atoms with Crippen LogP contribution in [0.4, 0.5) is 11.5 Å². The quantitative estimate of drug-likeness (QED) is 0.737. The average Bonchev–Trinajstić information content (AvgIpc) is 2.87. The molecule has 0 fully saturated rings. The van der Waals surface area contributed by atoms with E-state index in [2.05, 4.69) is 58.0 Å². The van der Waals surface area contributed by atoms with Gasteiger partial charge in [-0.3, -0.25) is 9.99 Å². The van der Waals surface area contributed by atoms with Crippen LogP contribution in [0.15, 0.2) is 66.0 Å². The van der Waals surface area contributed by atoms with Gasteiger partial charge in [0.2, 0.25) is 0 Å². The zero-order valence-electron chi connectivity index (χ0n) is 15.6. The molecule has 0 saturated heterocycles. The number of aryl methyl sites for hydroxylation is 1. The van der Waals surface area contributed by atoms with E-state index in [1.54, 1.807) is 6.20 Å². The van der Waals surface area contributed by atoms with Gasteiger partial charge in [0.15, 0.2) is 0 Å². The third kappa shape index (κ3) is 3.04. The van der Waals surface area contributed by atoms with Crippen molar-refractivity contribution in [2.45, 2.75) is 13.5 Å². The van der Waals surface area contributed by atoms with Gasteiger partial charge in [-0.25, -0.2) is 15.4 Å². The van der Waals surface area contributed by atoms with Gasteiger partial charge in [-0.1, -0.05) is 29.8 Å². The van der Waals surface area contributed by atoms with E-state index in [-0.39, 0.29) is 0 Å². The predicted octanol–water partition coefficient (Wildman–Crippen LogP) is 3.76. The smallest absolute Gasteiger partial charge is 0.139 e. The molecule has 4 heterocycles. The van der Waals surface area contributed by atoms with Gasteiger partial charge in [0.25, 0.3) is 0 Å². The Morgan fingerprint density at radius 2 is 2.07 bits per heavy atom. The molecule has 0 amide bonds. The van der Waals surface area contributed by atoms with Crippen molar-refractivity contribution in [1.82, 2.24) is 20.4 Å². The summed E-state index contributed by atoms with van der Waals surface area (Å²) in [5, 5.41) is 5.44. The van der Waals surface area contributed by atoms with Crippen LogP contribution in [-0.2, 0) is 6.54 Å². The van der Waals surface area contributed by atoms with Crippen LogP contribution in [0, 0.1) is 6.92 Å². The summed E-state index contributed by atoms with van der Waals surface area (Å²) in [6, 6.07) is 14.5. The second kappa shape index (κ2) is 6.90. The third-order valence-corrected chi connectivity index (χ3v) is 4.97. The first-order chi connectivity index (χ1) is 13.8. The van der Waals surface area contributed by atoms with Gasteiger partial charge in [0.05, 0.1) is 24.1 Å². The Labute approximate surface area is 163 Å². The van der Waals surface area contributed by atoms with Crippen LogP contribution in [0.3, 0.4) is 0 Å². The number of anilines is 2. The van der Waals surface area contributed by atoms with Crippen molar-refractivity contribution in [2.75, 3.05) is 11.9 Å². The van der Waals surface area contributed by atoms with Crippen LogP contribution >= 0.6 is 0 Å². The van der Waals surface area contributed by atoms with Gasteiger partial charge in [0.1, 0.15) is 12.2 Å². The first-order valence-corrected chi connectivity index (χ1v) is 9.28. The molecule has 2 aliphatic rings. The van der Waals surface area contributed by atoms with Crippen LogP contribution in [-0.4, -0.2) is 27.9 Å². The maximum Gasteiger partial charge on any atom is 0.139 e. The maximum absolute atomic E-state index is 4.78. The molecular weight excluding hydrogens is 348 g/mol. The molecule has 6 heteroatoms. The number of aromatic nitrogens is 2. The molecule has 0 bridgehead atoms. The largest absolute Gasteiger partial charge is 0.338 e. The number of aliphatic imine (C=N–C) groups is 1. The number of benzene rings is 1. The number of fused-ring (bicyclic) bond motifs is 4. The van der Waals surface area contributed by atoms with Crippen molar-refractivity contribution >= 4 is 29.1 Å². The minimum Gasteiger partial charge on any atom is -0.338 e. The van der Waals surface area contributed by atoms with E-state index in [4.69, 9.17) is 4.99 Å². The highest BCUT2D eigenvalue weighted by Gasteiger charge is 2.25. The zero-order chi connectivity index (χ0) is 18.9. The highest BCUT2D eigenvalue weighted by Crippen LogP contribution is 2.40. The fourth-order valence-electron chi connectivity index (χ4n) is 3.63. The minimum atomic E-state index is 0.706. The summed E-state index contributed by atoms with van der Waals surface area (Å²) in [6.45, 7) is 3.56. The number of pyridine rings is 2. The van der Waals surface area contributed by atoms with Crippen LogP contribution in [0.25, 0.3) is 11.3 Å². The van der Waals surface area contributed by atoms with Crippen LogP contribution in [0.5, 0.6) is 0 Å². The lowest BCUT2D eigenvalue weighted by Crippen LogP contribution is -2.39. The second-order valence-electron chi connectivity index (χ2n) is 6.97. The average molecular weight is 368 g/mol. The molecule has 0 radical (unpaired) electrons. The van der Waals surface area contributed by atoms with Crippen LogP contribution in [0.1, 0.15) is 22.3 Å². The van der Waals surface area contributed by atoms with E-state index in [1.165, 1.54) is 11.1 Å². The Bertz CT molecular complexity index is 1100. The van der Waals surface area contributed by atoms with Crippen LogP contribution in [0.2, 0.25) is 0 Å². The molecule has 2 aromatic heterocycles. The van der Waals surface area contributed by atoms with E-state index in [0.29, 0.717) is 6.54 Å². The zero-order valence-corrected chi connectivity index (χ0v) is 15.6. The van der Waals surface area contributed by atoms with E-state index in [0.717, 1.165) is 40.4 Å². The fraction of sp³-hybridized carbons (Fsp3) is 0.136. The molecule has 2 N–H and O–H groups in total. The lowest BCUT2D eigenvalue weighted by atomic mass is 10.0. The van der Waals surface area contributed by atoms with Crippen molar-refractivity contribution in [3.8, 4) is 0 Å². The molecule has 3 aromatic rings. The molecule has 0 aliphatic carbocycles. The maximum atomic E-state index is 4.78. The first-order valence-electron chi connectivity index (χ1n) is 9.28. The van der Waals surface area contributed by atoms with E-state index < -0.39 is 0 Å². The van der Waals surface area contributed by atoms with Gasteiger partial charge < -0.3 is 5.32 Å². The summed E-state index contributed by atoms with van der Waals surface area (Å²) in [6.07, 6.45) is 7.30. The summed E-state index contributed by atoms with van der Waals surface area (Å²) < 4.78 is 0. The molecule has 5 rings (SSSR count). The molecule has 6 nitrogen and oxygen atoms in total. The SMILES string of the molecule is Cc1cccc(CNN2C=NC3=C(C2)c2ccncc2Nc2ncccc23)c1. The molecule has 0 spiro atoms. The van der Waals surface area contributed by atoms with Gasteiger partial charge in [-0.05, 0) is 30.7 Å². The number of rotatable bonds is 3. The highest BCUT2D eigenvalue weighted by atomic mass is 15.5. The van der Waals surface area contributed by atoms with Gasteiger partial charge >= 0.3 is 0 Å². The van der Waals surface area contributed by atoms with Gasteiger partial charge in [-0.2, -0.15) is 0 Å². The van der Waals surface area contributed by atoms with E-state index >= 15 is 0 Å². The van der Waals surface area contributed by atoms with Gasteiger partial charge in [0, 0.05) is 35.6 Å². The number of hydrogen-bond donors (Lipinski definition) is 2. The number of hydrazine groups is 1. The predicted molar refractivity (Wildman–Crippen MR) is 112 cm³/mol. The summed E-state index contributed by atoms with van der Waals surface area (Å²) in [5.74, 6) is 0.806. The fourth-order valence-corrected chi connectivity index (χ4v) is 3.63. The van der Waals surface area contributed by atoms with Crippen molar-refractivity contribution in [1.29, 1.82) is 0 Å². The molecule has 138 valence electrons. The van der Waals surface area contributed by atoms with Crippen molar-refractivity contribution in [2.24, 2.45) is 4.99 Å². The summed E-state index contributed by atoms with van der Waals surface area (Å²) >= 11 is 0. The molecule has 0 unspecified atom stereocenters. The highest BCUT2D eigenvalue weighted by molar-refractivity contribution is 6.03. The number of nitrogens with zero attached hydrogens (tertiary/aromatic N) is 4. The Morgan fingerprint density at radius 1 is 1.11 bits per heavy atom. The Balaban J connectivity index is 1.47. The molecule has 28 heavy (non-hydrogen) atoms. The standard InChI is InChI=1S/C22H20N6/c1-15-4-2-5-16(10-15)11-26-28-13-19-17-7-9-23-12-20(17)27-22-18(6-3-8-24-22)21(19)25-14-28/h2-10,12,14,26H,11,13H2,1H3,(H,24,27). The third-order valence-electron chi connectivity index (χ3n) is 4.97. The lowest BCUT2D eigenvalue weighted by Gasteiger charge is -2.27. The topological polar surface area (TPSA) is 65.4 Å². The summed E-state index contributed by atoms with van der Waals surface area (Å²) in [5.41, 5.74) is 11.1. The minimum absolute atomic E-state index is 0.706. The normalized spacial score (nSPS) is 14.7. The van der Waals surface area contributed by atoms with Crippen LogP contribution < -0.4 is 10.7 Å². The first kappa shape index (κ1) is 16.6. The van der Waals surface area contributed by atoms with E-state index in [9.17, 15) is 0 Å². The molecule has 0 atom stereocenters. The Kier molecular flexibility index (Phi) is 4.10. The van der Waals surface area contributed by atoms with Gasteiger partial charge in [-0.15, -0.1) is 0 Å². The second-order valence-corrected chi connectivity index (χ2v) is 6.97. The molecule has 2 aliphatic heterocycles. The Morgan fingerprint density at radius 3 is 3.00 bits per heavy atom. The molecule has 1 aromatic carbocycles. The van der Waals surface area contributed by atoms with E-state index in [1.807, 2.05) is 35.9 Å². The summed E-state index contributed by atoms with van der Waals surface area (Å²) in [4.78, 5) is 13.5. The van der Waals surface area contributed by atoms with Crippen molar-refractivity contribution in [3.63, 3.8) is 0 Å². The molecular formula is C22H20N6. The van der Waals surface area contributed by atoms with Crippen molar-refractivity contribution < 1.29 is 0 Å². The number of nitrogens with one attached hydrogen (secondary N) is 2. The monoisotopic (exact) mass is 368 g/mol. The Hall–Kier alpha value is -3.51.